The zero-order valence-electron chi connectivity index (χ0n) is 11.9. The third kappa shape index (κ3) is 3.87. The summed E-state index contributed by atoms with van der Waals surface area (Å²) >= 11 is 5.76. The van der Waals surface area contributed by atoms with Crippen LogP contribution in [0.25, 0.3) is 0 Å². The SMILES string of the molecule is Nc1cccc(Nc2cc(Nc3ccc(F)c(Cl)c3)ncn2)c1. The third-order valence-electron chi connectivity index (χ3n) is 3.02. The minimum Gasteiger partial charge on any atom is -0.399 e. The maximum atomic E-state index is 13.2. The molecule has 0 amide bonds. The van der Waals surface area contributed by atoms with Crippen molar-refractivity contribution in [3.05, 3.63) is 65.7 Å². The van der Waals surface area contributed by atoms with Gasteiger partial charge in [-0.05, 0) is 36.4 Å². The van der Waals surface area contributed by atoms with E-state index >= 15 is 0 Å². The number of hydrogen-bond donors (Lipinski definition) is 3. The zero-order valence-corrected chi connectivity index (χ0v) is 12.7. The van der Waals surface area contributed by atoms with Crippen LogP contribution in [0.2, 0.25) is 5.02 Å². The Morgan fingerprint density at radius 3 is 2.26 bits per heavy atom. The van der Waals surface area contributed by atoms with Crippen molar-refractivity contribution in [2.45, 2.75) is 0 Å². The molecule has 5 nitrogen and oxygen atoms in total. The lowest BCUT2D eigenvalue weighted by Crippen LogP contribution is -1.99. The van der Waals surface area contributed by atoms with Crippen molar-refractivity contribution >= 4 is 40.3 Å². The number of halogens is 2. The Hall–Kier alpha value is -2.86. The Kier molecular flexibility index (Phi) is 4.25. The normalized spacial score (nSPS) is 10.3. The molecule has 0 bridgehead atoms. The van der Waals surface area contributed by atoms with Crippen LogP contribution < -0.4 is 16.4 Å². The molecule has 3 rings (SSSR count). The van der Waals surface area contributed by atoms with E-state index in [-0.39, 0.29) is 5.02 Å². The van der Waals surface area contributed by atoms with Gasteiger partial charge in [-0.3, -0.25) is 0 Å². The van der Waals surface area contributed by atoms with Crippen LogP contribution in [-0.4, -0.2) is 9.97 Å². The highest BCUT2D eigenvalue weighted by Crippen LogP contribution is 2.23. The van der Waals surface area contributed by atoms with Gasteiger partial charge in [-0.1, -0.05) is 17.7 Å². The molecule has 3 aromatic rings. The molecular weight excluding hydrogens is 317 g/mol. The quantitative estimate of drug-likeness (QED) is 0.621. The Labute approximate surface area is 137 Å². The van der Waals surface area contributed by atoms with Crippen molar-refractivity contribution in [2.24, 2.45) is 0 Å². The van der Waals surface area contributed by atoms with E-state index in [9.17, 15) is 4.39 Å². The number of anilines is 5. The molecule has 0 aliphatic heterocycles. The Morgan fingerprint density at radius 1 is 0.913 bits per heavy atom. The number of nitrogens with two attached hydrogens (primary N) is 1. The van der Waals surface area contributed by atoms with E-state index in [1.54, 1.807) is 24.3 Å². The Balaban J connectivity index is 1.78. The average molecular weight is 330 g/mol. The lowest BCUT2D eigenvalue weighted by molar-refractivity contribution is 0.628. The van der Waals surface area contributed by atoms with Gasteiger partial charge in [-0.2, -0.15) is 0 Å². The van der Waals surface area contributed by atoms with Crippen LogP contribution in [0.3, 0.4) is 0 Å². The standard InChI is InChI=1S/C16H13ClFN5/c17-13-7-12(4-5-14(13)18)23-16-8-15(20-9-21-16)22-11-3-1-2-10(19)6-11/h1-9H,19H2,(H2,20,21,22,23). The first-order valence-corrected chi connectivity index (χ1v) is 7.14. The van der Waals surface area contributed by atoms with Gasteiger partial charge in [0, 0.05) is 23.1 Å². The predicted molar refractivity (Wildman–Crippen MR) is 90.9 cm³/mol. The van der Waals surface area contributed by atoms with E-state index in [0.717, 1.165) is 5.69 Å². The van der Waals surface area contributed by atoms with Gasteiger partial charge in [0.25, 0.3) is 0 Å². The van der Waals surface area contributed by atoms with E-state index in [4.69, 9.17) is 17.3 Å². The number of nitrogens with zero attached hydrogens (tertiary/aromatic N) is 2. The molecule has 0 unspecified atom stereocenters. The minimum absolute atomic E-state index is 0.0437. The highest BCUT2D eigenvalue weighted by Gasteiger charge is 2.04. The fraction of sp³-hybridized carbons (Fsp3) is 0. The van der Waals surface area contributed by atoms with Gasteiger partial charge in [-0.25, -0.2) is 14.4 Å². The van der Waals surface area contributed by atoms with E-state index in [1.165, 1.54) is 18.5 Å². The second kappa shape index (κ2) is 6.50. The molecular formula is C16H13ClFN5. The van der Waals surface area contributed by atoms with E-state index < -0.39 is 5.82 Å². The fourth-order valence-electron chi connectivity index (χ4n) is 1.98. The predicted octanol–water partition coefficient (Wildman–Crippen LogP) is 4.34. The molecule has 0 aliphatic carbocycles. The summed E-state index contributed by atoms with van der Waals surface area (Å²) in [4.78, 5) is 8.27. The first-order chi connectivity index (χ1) is 11.1. The van der Waals surface area contributed by atoms with Crippen molar-refractivity contribution in [2.75, 3.05) is 16.4 Å². The summed E-state index contributed by atoms with van der Waals surface area (Å²) in [5.74, 6) is 0.680. The molecule has 0 fully saturated rings. The van der Waals surface area contributed by atoms with Gasteiger partial charge < -0.3 is 16.4 Å². The minimum atomic E-state index is -0.469. The summed E-state index contributed by atoms with van der Waals surface area (Å²) in [6.45, 7) is 0. The molecule has 0 atom stereocenters. The van der Waals surface area contributed by atoms with Gasteiger partial charge in [0.2, 0.25) is 0 Å². The highest BCUT2D eigenvalue weighted by atomic mass is 35.5. The Bertz CT molecular complexity index is 840. The van der Waals surface area contributed by atoms with Crippen molar-refractivity contribution in [1.82, 2.24) is 9.97 Å². The van der Waals surface area contributed by atoms with Crippen molar-refractivity contribution in [3.63, 3.8) is 0 Å². The Morgan fingerprint density at radius 2 is 1.61 bits per heavy atom. The summed E-state index contributed by atoms with van der Waals surface area (Å²) in [5.41, 5.74) is 7.85. The smallest absolute Gasteiger partial charge is 0.141 e. The van der Waals surface area contributed by atoms with Crippen LogP contribution in [0.4, 0.5) is 33.1 Å². The topological polar surface area (TPSA) is 75.9 Å². The molecule has 1 aromatic heterocycles. The molecule has 0 radical (unpaired) electrons. The van der Waals surface area contributed by atoms with Gasteiger partial charge in [0.05, 0.1) is 5.02 Å². The molecule has 0 spiro atoms. The van der Waals surface area contributed by atoms with Crippen LogP contribution in [-0.2, 0) is 0 Å². The molecule has 0 saturated heterocycles. The van der Waals surface area contributed by atoms with Crippen LogP contribution >= 0.6 is 11.6 Å². The van der Waals surface area contributed by atoms with Gasteiger partial charge in [0.15, 0.2) is 0 Å². The van der Waals surface area contributed by atoms with Crippen LogP contribution in [0, 0.1) is 5.82 Å². The zero-order chi connectivity index (χ0) is 16.2. The van der Waals surface area contributed by atoms with Crippen molar-refractivity contribution in [1.29, 1.82) is 0 Å². The van der Waals surface area contributed by atoms with E-state index in [0.29, 0.717) is 23.0 Å². The van der Waals surface area contributed by atoms with Gasteiger partial charge in [0.1, 0.15) is 23.8 Å². The number of nitrogen functional groups attached to an aromatic ring is 1. The number of rotatable bonds is 4. The molecule has 7 heteroatoms. The summed E-state index contributed by atoms with van der Waals surface area (Å²) in [5, 5.41) is 6.22. The number of aromatic nitrogens is 2. The highest BCUT2D eigenvalue weighted by molar-refractivity contribution is 6.31. The van der Waals surface area contributed by atoms with Crippen molar-refractivity contribution in [3.8, 4) is 0 Å². The summed E-state index contributed by atoms with van der Waals surface area (Å²) < 4.78 is 13.2. The van der Waals surface area contributed by atoms with Crippen LogP contribution in [0.1, 0.15) is 0 Å². The average Bonchev–Trinajstić information content (AvgIpc) is 2.51. The monoisotopic (exact) mass is 329 g/mol. The third-order valence-corrected chi connectivity index (χ3v) is 3.31. The number of benzene rings is 2. The van der Waals surface area contributed by atoms with Gasteiger partial charge >= 0.3 is 0 Å². The van der Waals surface area contributed by atoms with Crippen molar-refractivity contribution < 1.29 is 4.39 Å². The molecule has 23 heavy (non-hydrogen) atoms. The molecule has 2 aromatic carbocycles. The van der Waals surface area contributed by atoms with E-state index in [1.807, 2.05) is 12.1 Å². The second-order valence-corrected chi connectivity index (χ2v) is 5.20. The molecule has 0 aliphatic rings. The lowest BCUT2D eigenvalue weighted by atomic mass is 10.3. The second-order valence-electron chi connectivity index (χ2n) is 4.79. The number of nitrogens with one attached hydrogen (secondary N) is 2. The van der Waals surface area contributed by atoms with Crippen LogP contribution in [0.5, 0.6) is 0 Å². The molecule has 1 heterocycles. The van der Waals surface area contributed by atoms with Gasteiger partial charge in [-0.15, -0.1) is 0 Å². The fourth-order valence-corrected chi connectivity index (χ4v) is 2.16. The number of hydrogen-bond acceptors (Lipinski definition) is 5. The lowest BCUT2D eigenvalue weighted by Gasteiger charge is -2.09. The largest absolute Gasteiger partial charge is 0.399 e. The summed E-state index contributed by atoms with van der Waals surface area (Å²) in [7, 11) is 0. The van der Waals surface area contributed by atoms with Crippen LogP contribution in [0.15, 0.2) is 54.9 Å². The maximum Gasteiger partial charge on any atom is 0.141 e. The van der Waals surface area contributed by atoms with E-state index in [2.05, 4.69) is 20.6 Å². The molecule has 116 valence electrons. The summed E-state index contributed by atoms with van der Waals surface area (Å²) in [6.07, 6.45) is 1.42. The first-order valence-electron chi connectivity index (χ1n) is 6.77. The first kappa shape index (κ1) is 15.1. The maximum absolute atomic E-state index is 13.2. The molecule has 0 saturated carbocycles. The molecule has 4 N–H and O–H groups in total. The summed E-state index contributed by atoms with van der Waals surface area (Å²) in [6, 6.07) is 13.4.